The van der Waals surface area contributed by atoms with E-state index in [1.165, 1.54) is 18.9 Å². The van der Waals surface area contributed by atoms with Crippen LogP contribution < -0.4 is 9.80 Å². The fourth-order valence-electron chi connectivity index (χ4n) is 3.76. The Kier molecular flexibility index (Phi) is 7.95. The molecule has 1 aromatic rings. The van der Waals surface area contributed by atoms with Crippen LogP contribution in [-0.2, 0) is 9.53 Å². The van der Waals surface area contributed by atoms with Crippen molar-refractivity contribution in [2.24, 2.45) is 0 Å². The quantitative estimate of drug-likeness (QED) is 0.475. The molecule has 2 amide bonds. The number of benzene rings is 1. The summed E-state index contributed by atoms with van der Waals surface area (Å²) in [4.78, 5) is 29.1. The third kappa shape index (κ3) is 5.36. The summed E-state index contributed by atoms with van der Waals surface area (Å²) in [6, 6.07) is 5.17. The first kappa shape index (κ1) is 23.8. The van der Waals surface area contributed by atoms with E-state index in [9.17, 15) is 18.4 Å². The fourth-order valence-corrected chi connectivity index (χ4v) is 3.76. The van der Waals surface area contributed by atoms with Crippen LogP contribution in [0.2, 0.25) is 0 Å². The monoisotopic (exact) mass is 423 g/mol. The van der Waals surface area contributed by atoms with Crippen LogP contribution in [0.15, 0.2) is 30.9 Å². The first-order chi connectivity index (χ1) is 14.1. The molecule has 1 heterocycles. The zero-order valence-corrected chi connectivity index (χ0v) is 18.3. The predicted octanol–water partition coefficient (Wildman–Crippen LogP) is 4.61. The molecule has 2 atom stereocenters. The molecule has 1 aromatic carbocycles. The van der Waals surface area contributed by atoms with E-state index in [0.717, 1.165) is 10.5 Å². The van der Waals surface area contributed by atoms with Gasteiger partial charge in [-0.2, -0.15) is 8.78 Å². The molecule has 0 N–H and O–H groups in total. The summed E-state index contributed by atoms with van der Waals surface area (Å²) < 4.78 is 31.5. The topological polar surface area (TPSA) is 53.1 Å². The lowest BCUT2D eigenvalue weighted by atomic mass is 9.93. The molecule has 1 aliphatic rings. The number of hydrogen-bond donors (Lipinski definition) is 0. The summed E-state index contributed by atoms with van der Waals surface area (Å²) in [6.45, 7) is 8.47. The highest BCUT2D eigenvalue weighted by Crippen LogP contribution is 2.39. The molecule has 8 heteroatoms. The summed E-state index contributed by atoms with van der Waals surface area (Å²) in [5.74, 6) is -0.367. The average molecular weight is 424 g/mol. The Morgan fingerprint density at radius 2 is 2.00 bits per heavy atom. The van der Waals surface area contributed by atoms with Crippen molar-refractivity contribution in [1.82, 2.24) is 4.90 Å². The van der Waals surface area contributed by atoms with Gasteiger partial charge in [0, 0.05) is 25.9 Å². The number of hydrogen-bond acceptors (Lipinski definition) is 4. The Balaban J connectivity index is 2.51. The van der Waals surface area contributed by atoms with Gasteiger partial charge in [0.1, 0.15) is 0 Å². The van der Waals surface area contributed by atoms with Crippen molar-refractivity contribution in [3.05, 3.63) is 36.4 Å². The number of halogens is 2. The van der Waals surface area contributed by atoms with Crippen molar-refractivity contribution >= 4 is 23.4 Å². The molecule has 0 saturated carbocycles. The zero-order valence-electron chi connectivity index (χ0n) is 18.3. The van der Waals surface area contributed by atoms with E-state index in [1.54, 1.807) is 37.0 Å². The van der Waals surface area contributed by atoms with Crippen LogP contribution in [0.4, 0.5) is 25.0 Å². The minimum absolute atomic E-state index is 0.131. The van der Waals surface area contributed by atoms with Crippen molar-refractivity contribution in [3.8, 4) is 0 Å². The van der Waals surface area contributed by atoms with Crippen LogP contribution in [0.5, 0.6) is 0 Å². The zero-order chi connectivity index (χ0) is 22.6. The van der Waals surface area contributed by atoms with Crippen molar-refractivity contribution in [2.45, 2.75) is 58.7 Å². The third-order valence-electron chi connectivity index (χ3n) is 5.10. The second-order valence-electron chi connectivity index (χ2n) is 7.97. The van der Waals surface area contributed by atoms with Crippen LogP contribution in [0.1, 0.15) is 45.6 Å². The van der Waals surface area contributed by atoms with Crippen molar-refractivity contribution in [2.75, 3.05) is 29.9 Å². The Labute approximate surface area is 177 Å². The molecule has 0 aliphatic carbocycles. The van der Waals surface area contributed by atoms with Crippen molar-refractivity contribution in [1.29, 1.82) is 0 Å². The predicted molar refractivity (Wildman–Crippen MR) is 114 cm³/mol. The van der Waals surface area contributed by atoms with E-state index in [0.29, 0.717) is 17.8 Å². The maximum Gasteiger partial charge on any atom is 0.414 e. The van der Waals surface area contributed by atoms with Crippen LogP contribution >= 0.6 is 0 Å². The number of anilines is 2. The molecular weight excluding hydrogens is 392 g/mol. The van der Waals surface area contributed by atoms with E-state index in [-0.39, 0.29) is 37.1 Å². The van der Waals surface area contributed by atoms with Crippen LogP contribution in [0.3, 0.4) is 0 Å². The fraction of sp³-hybridized carbons (Fsp3) is 0.545. The van der Waals surface area contributed by atoms with E-state index in [1.807, 2.05) is 13.0 Å². The van der Waals surface area contributed by atoms with Gasteiger partial charge in [0.25, 0.3) is 6.55 Å². The van der Waals surface area contributed by atoms with E-state index >= 15 is 0 Å². The number of carbonyl (C=O) groups excluding carboxylic acids is 2. The summed E-state index contributed by atoms with van der Waals surface area (Å²) in [5.41, 5.74) is 1.94. The van der Waals surface area contributed by atoms with Crippen LogP contribution in [0, 0.1) is 0 Å². The molecule has 30 heavy (non-hydrogen) atoms. The highest BCUT2D eigenvalue weighted by atomic mass is 19.3. The molecular formula is C22H31F2N3O3. The average Bonchev–Trinajstić information content (AvgIpc) is 2.65. The summed E-state index contributed by atoms with van der Waals surface area (Å²) in [7, 11) is 1.37. The van der Waals surface area contributed by atoms with Gasteiger partial charge in [-0.3, -0.25) is 9.69 Å². The maximum atomic E-state index is 13.1. The molecule has 2 rings (SSSR count). The summed E-state index contributed by atoms with van der Waals surface area (Å²) >= 11 is 0. The minimum Gasteiger partial charge on any atom is -0.446 e. The van der Waals surface area contributed by atoms with Crippen molar-refractivity contribution < 1.29 is 23.1 Å². The molecule has 0 aromatic heterocycles. The number of allylic oxidation sites excluding steroid dienone is 1. The third-order valence-corrected chi connectivity index (χ3v) is 5.10. The highest BCUT2D eigenvalue weighted by Gasteiger charge is 2.35. The Morgan fingerprint density at radius 3 is 2.53 bits per heavy atom. The summed E-state index contributed by atoms with van der Waals surface area (Å²) in [5, 5.41) is 0. The second kappa shape index (κ2) is 10.0. The molecule has 0 saturated heterocycles. The van der Waals surface area contributed by atoms with Gasteiger partial charge in [-0.1, -0.05) is 12.1 Å². The van der Waals surface area contributed by atoms with E-state index in [4.69, 9.17) is 4.74 Å². The number of fused-ring (bicyclic) bond motifs is 1. The number of ether oxygens (including phenoxy) is 1. The van der Waals surface area contributed by atoms with Crippen LogP contribution in [-0.4, -0.2) is 55.7 Å². The molecule has 0 fully saturated rings. The lowest BCUT2D eigenvalue weighted by molar-refractivity contribution is -0.117. The number of amides is 2. The lowest BCUT2D eigenvalue weighted by Gasteiger charge is -2.41. The Morgan fingerprint density at radius 1 is 1.33 bits per heavy atom. The standard InChI is InChI=1S/C22H31F2N3O3/c1-7-8-18(13-25(6)21(23)24)17-9-10-19-20(11-17)26(22(29)30-14(2)3)12-15(4)27(19)16(5)28/h7,9-11,14-15,18,21H,1,8,12-13H2,2-6H3/t15-,18?/m0/s1. The molecule has 0 spiro atoms. The number of likely N-dealkylation sites (N-methyl/N-ethyl adjacent to an activating group) is 1. The van der Waals surface area contributed by atoms with Gasteiger partial charge in [-0.05, 0) is 51.9 Å². The number of carbonyl (C=O) groups is 2. The second-order valence-corrected chi connectivity index (χ2v) is 7.97. The first-order valence-corrected chi connectivity index (χ1v) is 10.1. The van der Waals surface area contributed by atoms with Gasteiger partial charge in [0.05, 0.1) is 23.5 Å². The largest absolute Gasteiger partial charge is 0.446 e. The van der Waals surface area contributed by atoms with Crippen molar-refractivity contribution in [3.63, 3.8) is 0 Å². The lowest BCUT2D eigenvalue weighted by Crippen LogP contribution is -2.51. The Hall–Kier alpha value is -2.48. The normalized spacial score (nSPS) is 17.3. The highest BCUT2D eigenvalue weighted by molar-refractivity contribution is 6.02. The number of alkyl halides is 2. The smallest absolute Gasteiger partial charge is 0.414 e. The maximum absolute atomic E-state index is 13.1. The van der Waals surface area contributed by atoms with Crippen LogP contribution in [0.25, 0.3) is 0 Å². The Bertz CT molecular complexity index is 785. The molecule has 166 valence electrons. The number of nitrogens with zero attached hydrogens (tertiary/aromatic N) is 3. The van der Waals surface area contributed by atoms with E-state index in [2.05, 4.69) is 6.58 Å². The first-order valence-electron chi connectivity index (χ1n) is 10.1. The van der Waals surface area contributed by atoms with Gasteiger partial charge in [-0.15, -0.1) is 6.58 Å². The van der Waals surface area contributed by atoms with Gasteiger partial charge < -0.3 is 9.64 Å². The molecule has 1 aliphatic heterocycles. The molecule has 6 nitrogen and oxygen atoms in total. The van der Waals surface area contributed by atoms with Gasteiger partial charge >= 0.3 is 6.09 Å². The molecule has 0 bridgehead atoms. The summed E-state index contributed by atoms with van der Waals surface area (Å²) in [6.07, 6.45) is 1.40. The minimum atomic E-state index is -2.57. The van der Waals surface area contributed by atoms with Gasteiger partial charge in [0.2, 0.25) is 5.91 Å². The van der Waals surface area contributed by atoms with E-state index < -0.39 is 12.6 Å². The van der Waals surface area contributed by atoms with Gasteiger partial charge in [0.15, 0.2) is 0 Å². The molecule has 1 unspecified atom stereocenters. The molecule has 0 radical (unpaired) electrons. The SMILES string of the molecule is C=CCC(CN(C)C(F)F)c1ccc2c(c1)N(C(=O)OC(C)C)C[C@H](C)N2C(C)=O. The van der Waals surface area contributed by atoms with Gasteiger partial charge in [-0.25, -0.2) is 9.69 Å². The number of rotatable bonds is 7.